The van der Waals surface area contributed by atoms with Crippen LogP contribution in [0, 0.1) is 11.3 Å². The summed E-state index contributed by atoms with van der Waals surface area (Å²) < 4.78 is 57.5. The Hall–Kier alpha value is -2.74. The van der Waals surface area contributed by atoms with Crippen LogP contribution in [0.25, 0.3) is 20.5 Å². The van der Waals surface area contributed by atoms with Crippen LogP contribution in [0.3, 0.4) is 0 Å². The highest BCUT2D eigenvalue weighted by Gasteiger charge is 2.41. The molecule has 1 atom stereocenters. The third-order valence-corrected chi connectivity index (χ3v) is 7.47. The number of thiophene rings is 1. The Morgan fingerprint density at radius 2 is 1.79 bits per heavy atom. The van der Waals surface area contributed by atoms with Gasteiger partial charge in [-0.25, -0.2) is 0 Å². The Balaban J connectivity index is 1.77. The zero-order valence-electron chi connectivity index (χ0n) is 22.7. The lowest BCUT2D eigenvalue weighted by Gasteiger charge is -2.30. The third-order valence-electron chi connectivity index (χ3n) is 6.34. The number of unbranched alkanes of at least 4 members (excludes halogenated alkanes) is 2. The number of carbonyl (C=O) groups excluding carboxylic acids is 1. The number of benzene rings is 2. The van der Waals surface area contributed by atoms with Crippen molar-refractivity contribution in [2.75, 3.05) is 20.3 Å². The van der Waals surface area contributed by atoms with Gasteiger partial charge in [0.25, 0.3) is 0 Å². The second-order valence-electron chi connectivity index (χ2n) is 10.5. The van der Waals surface area contributed by atoms with Crippen LogP contribution >= 0.6 is 11.3 Å². The first kappa shape index (κ1) is 29.8. The molecule has 1 unspecified atom stereocenters. The minimum atomic E-state index is -4.42. The SMILES string of the molecule is CCCCCc1ccc(-c2cc3ccc(OCC(C)(COC(=O)C(C)C)CC(F)(F)F)cc3s2)c(OC)c1. The maximum absolute atomic E-state index is 13.3. The molecular weight excluding hydrogens is 513 g/mol. The number of ether oxygens (including phenoxy) is 3. The van der Waals surface area contributed by atoms with E-state index in [1.807, 2.05) is 12.1 Å². The lowest BCUT2D eigenvalue weighted by Crippen LogP contribution is -2.36. The maximum Gasteiger partial charge on any atom is 0.389 e. The van der Waals surface area contributed by atoms with Gasteiger partial charge >= 0.3 is 12.1 Å². The van der Waals surface area contributed by atoms with Gasteiger partial charge in [0, 0.05) is 20.6 Å². The van der Waals surface area contributed by atoms with Crippen molar-refractivity contribution in [2.24, 2.45) is 11.3 Å². The highest BCUT2D eigenvalue weighted by molar-refractivity contribution is 7.22. The number of aryl methyl sites for hydroxylation is 1. The first-order valence-electron chi connectivity index (χ1n) is 13.0. The van der Waals surface area contributed by atoms with Crippen LogP contribution in [-0.4, -0.2) is 32.5 Å². The molecular formula is C30H37F3O4S. The van der Waals surface area contributed by atoms with E-state index in [9.17, 15) is 18.0 Å². The molecule has 0 spiro atoms. The van der Waals surface area contributed by atoms with Crippen molar-refractivity contribution in [1.82, 2.24) is 0 Å². The lowest BCUT2D eigenvalue weighted by atomic mass is 9.88. The lowest BCUT2D eigenvalue weighted by molar-refractivity contribution is -0.175. The van der Waals surface area contributed by atoms with Crippen molar-refractivity contribution in [2.45, 2.75) is 66.0 Å². The predicted molar refractivity (Wildman–Crippen MR) is 147 cm³/mol. The first-order chi connectivity index (χ1) is 17.9. The molecule has 0 aliphatic heterocycles. The van der Waals surface area contributed by atoms with Crippen LogP contribution in [0.4, 0.5) is 13.2 Å². The molecule has 3 aromatic rings. The molecule has 0 saturated carbocycles. The summed E-state index contributed by atoms with van der Waals surface area (Å²) in [4.78, 5) is 12.9. The Bertz CT molecular complexity index is 1220. The summed E-state index contributed by atoms with van der Waals surface area (Å²) in [6.45, 7) is 6.28. The Morgan fingerprint density at radius 3 is 2.45 bits per heavy atom. The number of methoxy groups -OCH3 is 1. The van der Waals surface area contributed by atoms with E-state index in [1.165, 1.54) is 25.3 Å². The Morgan fingerprint density at radius 1 is 1.03 bits per heavy atom. The molecule has 0 bridgehead atoms. The minimum absolute atomic E-state index is 0.241. The van der Waals surface area contributed by atoms with Gasteiger partial charge in [-0.3, -0.25) is 4.79 Å². The number of fused-ring (bicyclic) bond motifs is 1. The largest absolute Gasteiger partial charge is 0.496 e. The van der Waals surface area contributed by atoms with E-state index >= 15 is 0 Å². The van der Waals surface area contributed by atoms with Gasteiger partial charge in [0.1, 0.15) is 18.1 Å². The average Bonchev–Trinajstić information content (AvgIpc) is 3.28. The van der Waals surface area contributed by atoms with Gasteiger partial charge in [0.2, 0.25) is 0 Å². The van der Waals surface area contributed by atoms with Gasteiger partial charge in [-0.05, 0) is 60.2 Å². The number of carbonyl (C=O) groups is 1. The van der Waals surface area contributed by atoms with Gasteiger partial charge in [-0.1, -0.05) is 46.6 Å². The van der Waals surface area contributed by atoms with Crippen molar-refractivity contribution in [1.29, 1.82) is 0 Å². The van der Waals surface area contributed by atoms with Gasteiger partial charge in [-0.15, -0.1) is 11.3 Å². The van der Waals surface area contributed by atoms with E-state index in [-0.39, 0.29) is 13.2 Å². The molecule has 1 heterocycles. The molecule has 0 fully saturated rings. The quantitative estimate of drug-likeness (QED) is 0.158. The summed E-state index contributed by atoms with van der Waals surface area (Å²) in [5, 5.41) is 1.01. The molecule has 0 radical (unpaired) electrons. The number of hydrogen-bond donors (Lipinski definition) is 0. The van der Waals surface area contributed by atoms with Crippen LogP contribution in [-0.2, 0) is 16.0 Å². The van der Waals surface area contributed by atoms with Crippen molar-refractivity contribution in [3.8, 4) is 21.9 Å². The average molecular weight is 551 g/mol. The second kappa shape index (κ2) is 12.9. The normalized spacial score (nSPS) is 13.5. The molecule has 208 valence electrons. The van der Waals surface area contributed by atoms with Crippen molar-refractivity contribution < 1.29 is 32.2 Å². The fraction of sp³-hybridized carbons (Fsp3) is 0.500. The Labute approximate surface area is 227 Å². The number of rotatable bonds is 13. The van der Waals surface area contributed by atoms with Crippen LogP contribution in [0.2, 0.25) is 0 Å². The highest BCUT2D eigenvalue weighted by Crippen LogP contribution is 2.40. The monoisotopic (exact) mass is 550 g/mol. The third kappa shape index (κ3) is 8.38. The molecule has 4 nitrogen and oxygen atoms in total. The number of alkyl halides is 3. The number of esters is 1. The molecule has 0 aliphatic carbocycles. The van der Waals surface area contributed by atoms with Gasteiger partial charge < -0.3 is 14.2 Å². The molecule has 0 aliphatic rings. The summed E-state index contributed by atoms with van der Waals surface area (Å²) in [7, 11) is 1.67. The van der Waals surface area contributed by atoms with Gasteiger partial charge in [0.05, 0.1) is 26.1 Å². The van der Waals surface area contributed by atoms with E-state index in [0.717, 1.165) is 39.1 Å². The van der Waals surface area contributed by atoms with E-state index < -0.39 is 29.9 Å². The van der Waals surface area contributed by atoms with Crippen molar-refractivity contribution >= 4 is 27.4 Å². The van der Waals surface area contributed by atoms with Crippen LogP contribution in [0.5, 0.6) is 11.5 Å². The topological polar surface area (TPSA) is 44.8 Å². The van der Waals surface area contributed by atoms with Gasteiger partial charge in [0.15, 0.2) is 0 Å². The van der Waals surface area contributed by atoms with Gasteiger partial charge in [-0.2, -0.15) is 13.2 Å². The minimum Gasteiger partial charge on any atom is -0.496 e. The number of hydrogen-bond acceptors (Lipinski definition) is 5. The molecule has 1 aromatic heterocycles. The first-order valence-corrected chi connectivity index (χ1v) is 13.8. The molecule has 3 rings (SSSR count). The fourth-order valence-corrected chi connectivity index (χ4v) is 5.33. The summed E-state index contributed by atoms with van der Waals surface area (Å²) >= 11 is 1.57. The van der Waals surface area contributed by atoms with E-state index in [4.69, 9.17) is 14.2 Å². The summed E-state index contributed by atoms with van der Waals surface area (Å²) in [6, 6.07) is 13.9. The summed E-state index contributed by atoms with van der Waals surface area (Å²) in [6.07, 6.45) is -1.00. The zero-order valence-corrected chi connectivity index (χ0v) is 23.6. The van der Waals surface area contributed by atoms with Crippen LogP contribution in [0.15, 0.2) is 42.5 Å². The van der Waals surface area contributed by atoms with Crippen LogP contribution < -0.4 is 9.47 Å². The zero-order chi connectivity index (χ0) is 27.9. The molecule has 38 heavy (non-hydrogen) atoms. The highest BCUT2D eigenvalue weighted by atomic mass is 32.1. The Kier molecular flexibility index (Phi) is 10.1. The van der Waals surface area contributed by atoms with Crippen LogP contribution in [0.1, 0.15) is 58.9 Å². The van der Waals surface area contributed by atoms with Crippen molar-refractivity contribution in [3.63, 3.8) is 0 Å². The smallest absolute Gasteiger partial charge is 0.389 e. The van der Waals surface area contributed by atoms with E-state index in [0.29, 0.717) is 5.75 Å². The second-order valence-corrected chi connectivity index (χ2v) is 11.5. The molecule has 0 N–H and O–H groups in total. The fourth-order valence-electron chi connectivity index (χ4n) is 4.21. The summed E-state index contributed by atoms with van der Waals surface area (Å²) in [5.41, 5.74) is 0.835. The molecule has 0 saturated heterocycles. The molecule has 0 amide bonds. The summed E-state index contributed by atoms with van der Waals surface area (Å²) in [5.74, 6) is 0.335. The van der Waals surface area contributed by atoms with E-state index in [2.05, 4.69) is 31.2 Å². The number of halogens is 3. The predicted octanol–water partition coefficient (Wildman–Crippen LogP) is 8.85. The molecule has 2 aromatic carbocycles. The maximum atomic E-state index is 13.3. The standard InChI is InChI=1S/C30H37F3O4S/c1-6-7-8-9-21-10-13-24(25(14-21)35-5)27-15-22-11-12-23(16-26(22)38-27)36-18-29(4,17-30(31,32)33)19-37-28(34)20(2)3/h10-16,20H,6-9,17-19H2,1-5H3. The van der Waals surface area contributed by atoms with Crippen molar-refractivity contribution in [3.05, 3.63) is 48.0 Å². The molecule has 8 heteroatoms. The van der Waals surface area contributed by atoms with E-state index in [1.54, 1.807) is 38.4 Å².